The predicted molar refractivity (Wildman–Crippen MR) is 80.0 cm³/mol. The smallest absolute Gasteiger partial charge is 0.230 e. The highest BCUT2D eigenvalue weighted by Crippen LogP contribution is 2.12. The van der Waals surface area contributed by atoms with Gasteiger partial charge in [0.25, 0.3) is 0 Å². The number of methoxy groups -OCH3 is 1. The van der Waals surface area contributed by atoms with Crippen LogP contribution in [0.5, 0.6) is 5.75 Å². The molecule has 1 amide bonds. The standard InChI is InChI=1S/C14H20N2O2S/c1-3-4-12(13(15)19)14(17)16-9-10-5-7-11(18-2)8-6-10/h5-8,12H,3-4,9H2,1-2H3,(H2,15,19)(H,16,17). The third-order valence-corrected chi connectivity index (χ3v) is 3.15. The first-order valence-electron chi connectivity index (χ1n) is 6.28. The fraction of sp³-hybridized carbons (Fsp3) is 0.429. The Morgan fingerprint density at radius 3 is 2.53 bits per heavy atom. The molecule has 4 nitrogen and oxygen atoms in total. The maximum Gasteiger partial charge on any atom is 0.230 e. The largest absolute Gasteiger partial charge is 0.497 e. The van der Waals surface area contributed by atoms with E-state index in [9.17, 15) is 4.79 Å². The number of hydrogen-bond donors (Lipinski definition) is 2. The van der Waals surface area contributed by atoms with Gasteiger partial charge in [-0.2, -0.15) is 0 Å². The summed E-state index contributed by atoms with van der Waals surface area (Å²) in [5.74, 6) is 0.311. The molecule has 0 aliphatic rings. The summed E-state index contributed by atoms with van der Waals surface area (Å²) in [6.07, 6.45) is 1.56. The average molecular weight is 280 g/mol. The second-order valence-corrected chi connectivity index (χ2v) is 4.78. The Hall–Kier alpha value is -1.62. The second kappa shape index (κ2) is 7.74. The van der Waals surface area contributed by atoms with E-state index in [1.165, 1.54) is 0 Å². The molecule has 0 heterocycles. The van der Waals surface area contributed by atoms with Crippen molar-refractivity contribution in [3.05, 3.63) is 29.8 Å². The van der Waals surface area contributed by atoms with E-state index in [0.717, 1.165) is 17.7 Å². The number of carbonyl (C=O) groups is 1. The van der Waals surface area contributed by atoms with E-state index in [0.29, 0.717) is 13.0 Å². The summed E-state index contributed by atoms with van der Waals surface area (Å²) in [5.41, 5.74) is 6.59. The minimum absolute atomic E-state index is 0.106. The molecule has 5 heteroatoms. The summed E-state index contributed by atoms with van der Waals surface area (Å²) in [4.78, 5) is 12.2. The van der Waals surface area contributed by atoms with Crippen LogP contribution < -0.4 is 15.8 Å². The monoisotopic (exact) mass is 280 g/mol. The lowest BCUT2D eigenvalue weighted by molar-refractivity contribution is -0.123. The number of benzene rings is 1. The van der Waals surface area contributed by atoms with Crippen molar-refractivity contribution in [2.75, 3.05) is 7.11 Å². The summed E-state index contributed by atoms with van der Waals surface area (Å²) in [7, 11) is 1.62. The predicted octanol–water partition coefficient (Wildman–Crippen LogP) is 2.01. The highest BCUT2D eigenvalue weighted by molar-refractivity contribution is 7.80. The molecule has 19 heavy (non-hydrogen) atoms. The first-order chi connectivity index (χ1) is 9.08. The van der Waals surface area contributed by atoms with Crippen molar-refractivity contribution >= 4 is 23.1 Å². The van der Waals surface area contributed by atoms with E-state index in [4.69, 9.17) is 22.7 Å². The first kappa shape index (κ1) is 15.4. The Bertz CT molecular complexity index is 432. The molecule has 0 saturated heterocycles. The third-order valence-electron chi connectivity index (χ3n) is 2.86. The van der Waals surface area contributed by atoms with Crippen LogP contribution in [0.25, 0.3) is 0 Å². The number of carbonyl (C=O) groups excluding carboxylic acids is 1. The number of ether oxygens (including phenoxy) is 1. The molecule has 1 aromatic carbocycles. The quantitative estimate of drug-likeness (QED) is 0.750. The van der Waals surface area contributed by atoms with Crippen LogP contribution in [-0.2, 0) is 11.3 Å². The van der Waals surface area contributed by atoms with E-state index in [1.807, 2.05) is 31.2 Å². The molecule has 0 bridgehead atoms. The number of nitrogens with one attached hydrogen (secondary N) is 1. The van der Waals surface area contributed by atoms with Gasteiger partial charge in [0.15, 0.2) is 0 Å². The molecule has 0 radical (unpaired) electrons. The Morgan fingerprint density at radius 1 is 1.42 bits per heavy atom. The van der Waals surface area contributed by atoms with Crippen LogP contribution in [0, 0.1) is 5.92 Å². The molecule has 0 spiro atoms. The lowest BCUT2D eigenvalue weighted by Gasteiger charge is -2.14. The molecule has 1 unspecified atom stereocenters. The molecule has 1 atom stereocenters. The SMILES string of the molecule is CCCC(C(=O)NCc1ccc(OC)cc1)C(N)=S. The summed E-state index contributed by atoms with van der Waals surface area (Å²) >= 11 is 4.92. The highest BCUT2D eigenvalue weighted by atomic mass is 32.1. The van der Waals surface area contributed by atoms with Gasteiger partial charge < -0.3 is 15.8 Å². The van der Waals surface area contributed by atoms with E-state index in [1.54, 1.807) is 7.11 Å². The van der Waals surface area contributed by atoms with Crippen LogP contribution in [0.3, 0.4) is 0 Å². The normalized spacial score (nSPS) is 11.7. The van der Waals surface area contributed by atoms with Crippen LogP contribution in [0.1, 0.15) is 25.3 Å². The zero-order valence-electron chi connectivity index (χ0n) is 11.3. The molecular weight excluding hydrogens is 260 g/mol. The van der Waals surface area contributed by atoms with Crippen molar-refractivity contribution < 1.29 is 9.53 Å². The van der Waals surface area contributed by atoms with E-state index in [-0.39, 0.29) is 16.8 Å². The molecule has 0 aliphatic carbocycles. The van der Waals surface area contributed by atoms with Gasteiger partial charge in [-0.05, 0) is 24.1 Å². The van der Waals surface area contributed by atoms with Gasteiger partial charge in [0, 0.05) is 6.54 Å². The van der Waals surface area contributed by atoms with E-state index in [2.05, 4.69) is 5.32 Å². The third kappa shape index (κ3) is 4.87. The van der Waals surface area contributed by atoms with Crippen molar-refractivity contribution in [2.45, 2.75) is 26.3 Å². The van der Waals surface area contributed by atoms with Gasteiger partial charge in [-0.15, -0.1) is 0 Å². The maximum absolute atomic E-state index is 12.0. The van der Waals surface area contributed by atoms with Crippen LogP contribution in [0.15, 0.2) is 24.3 Å². The lowest BCUT2D eigenvalue weighted by Crippen LogP contribution is -2.37. The molecule has 0 fully saturated rings. The number of thiocarbonyl (C=S) groups is 1. The number of amides is 1. The van der Waals surface area contributed by atoms with Gasteiger partial charge in [-0.25, -0.2) is 0 Å². The van der Waals surface area contributed by atoms with Gasteiger partial charge >= 0.3 is 0 Å². The van der Waals surface area contributed by atoms with Gasteiger partial charge in [-0.3, -0.25) is 4.79 Å². The minimum Gasteiger partial charge on any atom is -0.497 e. The Balaban J connectivity index is 2.54. The van der Waals surface area contributed by atoms with Crippen molar-refractivity contribution in [1.29, 1.82) is 0 Å². The highest BCUT2D eigenvalue weighted by Gasteiger charge is 2.19. The van der Waals surface area contributed by atoms with Crippen molar-refractivity contribution in [3.8, 4) is 5.75 Å². The molecule has 1 rings (SSSR count). The Morgan fingerprint density at radius 2 is 2.05 bits per heavy atom. The van der Waals surface area contributed by atoms with Crippen molar-refractivity contribution in [1.82, 2.24) is 5.32 Å². The summed E-state index contributed by atoms with van der Waals surface area (Å²) in [6, 6.07) is 7.54. The van der Waals surface area contributed by atoms with Gasteiger partial charge in [0.2, 0.25) is 5.91 Å². The van der Waals surface area contributed by atoms with Gasteiger partial charge in [0.1, 0.15) is 5.75 Å². The van der Waals surface area contributed by atoms with Crippen LogP contribution in [-0.4, -0.2) is 18.0 Å². The molecule has 0 saturated carbocycles. The van der Waals surface area contributed by atoms with E-state index < -0.39 is 0 Å². The Kier molecular flexibility index (Phi) is 6.29. The molecule has 1 aromatic rings. The number of rotatable bonds is 7. The van der Waals surface area contributed by atoms with Crippen molar-refractivity contribution in [3.63, 3.8) is 0 Å². The van der Waals surface area contributed by atoms with Crippen LogP contribution in [0.2, 0.25) is 0 Å². The maximum atomic E-state index is 12.0. The fourth-order valence-electron chi connectivity index (χ4n) is 1.75. The van der Waals surface area contributed by atoms with Crippen molar-refractivity contribution in [2.24, 2.45) is 11.7 Å². The zero-order valence-corrected chi connectivity index (χ0v) is 12.1. The molecule has 0 aromatic heterocycles. The first-order valence-corrected chi connectivity index (χ1v) is 6.69. The minimum atomic E-state index is -0.377. The Labute approximate surface area is 119 Å². The molecule has 3 N–H and O–H groups in total. The topological polar surface area (TPSA) is 64.3 Å². The molecule has 104 valence electrons. The fourth-order valence-corrected chi connectivity index (χ4v) is 1.97. The number of hydrogen-bond acceptors (Lipinski definition) is 3. The summed E-state index contributed by atoms with van der Waals surface area (Å²) in [5, 5.41) is 2.86. The summed E-state index contributed by atoms with van der Waals surface area (Å²) < 4.78 is 5.08. The average Bonchev–Trinajstić information content (AvgIpc) is 2.42. The van der Waals surface area contributed by atoms with Gasteiger partial charge in [0.05, 0.1) is 18.0 Å². The molecular formula is C14H20N2O2S. The summed E-state index contributed by atoms with van der Waals surface area (Å²) in [6.45, 7) is 2.47. The zero-order chi connectivity index (χ0) is 14.3. The van der Waals surface area contributed by atoms with Crippen LogP contribution in [0.4, 0.5) is 0 Å². The number of nitrogens with two attached hydrogens (primary N) is 1. The second-order valence-electron chi connectivity index (χ2n) is 4.31. The van der Waals surface area contributed by atoms with E-state index >= 15 is 0 Å². The molecule has 0 aliphatic heterocycles. The lowest BCUT2D eigenvalue weighted by atomic mass is 10.0. The van der Waals surface area contributed by atoms with Gasteiger partial charge in [-0.1, -0.05) is 37.7 Å². The van der Waals surface area contributed by atoms with Crippen LogP contribution >= 0.6 is 12.2 Å².